The molecule has 4 nitrogen and oxygen atoms in total. The summed E-state index contributed by atoms with van der Waals surface area (Å²) in [5, 5.41) is 8.86. The van der Waals surface area contributed by atoms with Crippen molar-refractivity contribution in [2.24, 2.45) is 0 Å². The van der Waals surface area contributed by atoms with Crippen molar-refractivity contribution >= 4 is 5.78 Å². The number of carbonyl (C=O) groups is 1. The van der Waals surface area contributed by atoms with Crippen molar-refractivity contribution in [2.45, 2.75) is 12.8 Å². The zero-order chi connectivity index (χ0) is 10.8. The third-order valence-corrected chi connectivity index (χ3v) is 2.27. The first kappa shape index (κ1) is 9.53. The monoisotopic (exact) mass is 203 g/mol. The average molecular weight is 203 g/mol. The van der Waals surface area contributed by atoms with E-state index < -0.39 is 5.92 Å². The molecule has 1 aliphatic heterocycles. The van der Waals surface area contributed by atoms with Crippen LogP contribution in [0.2, 0.25) is 0 Å². The molecule has 76 valence electrons. The molecule has 2 rings (SSSR count). The molecule has 0 unspecified atom stereocenters. The summed E-state index contributed by atoms with van der Waals surface area (Å²) >= 11 is 0. The van der Waals surface area contributed by atoms with E-state index in [1.54, 1.807) is 18.2 Å². The third-order valence-electron chi connectivity index (χ3n) is 2.27. The summed E-state index contributed by atoms with van der Waals surface area (Å²) in [4.78, 5) is 11.2. The molecule has 1 aliphatic rings. The predicted molar refractivity (Wildman–Crippen MR) is 51.6 cm³/mol. The number of hydrogen-bond donors (Lipinski definition) is 0. The molecule has 0 aromatic heterocycles. The van der Waals surface area contributed by atoms with Crippen LogP contribution >= 0.6 is 0 Å². The Bertz CT molecular complexity index is 448. The lowest BCUT2D eigenvalue weighted by Crippen LogP contribution is -2.05. The number of ether oxygens (including phenoxy) is 2. The van der Waals surface area contributed by atoms with E-state index in [4.69, 9.17) is 14.7 Å². The Morgan fingerprint density at radius 3 is 2.87 bits per heavy atom. The predicted octanol–water partition coefficient (Wildman–Crippen LogP) is 1.61. The SMILES string of the molecule is CC(=O)[C@@H](C#N)c1ccc2c(c1)OCO2. The normalized spacial score (nSPS) is 14.4. The first-order valence-corrected chi connectivity index (χ1v) is 4.52. The molecule has 0 aliphatic carbocycles. The summed E-state index contributed by atoms with van der Waals surface area (Å²) < 4.78 is 10.3. The fourth-order valence-electron chi connectivity index (χ4n) is 1.49. The maximum Gasteiger partial charge on any atom is 0.231 e. The van der Waals surface area contributed by atoms with Gasteiger partial charge in [-0.25, -0.2) is 0 Å². The van der Waals surface area contributed by atoms with Gasteiger partial charge in [-0.15, -0.1) is 0 Å². The van der Waals surface area contributed by atoms with E-state index in [0.717, 1.165) is 0 Å². The molecule has 1 atom stereocenters. The molecular formula is C11H9NO3. The molecule has 1 heterocycles. The van der Waals surface area contributed by atoms with Gasteiger partial charge in [-0.05, 0) is 24.6 Å². The van der Waals surface area contributed by atoms with Gasteiger partial charge in [0.1, 0.15) is 5.92 Å². The van der Waals surface area contributed by atoms with Crippen LogP contribution in [-0.2, 0) is 4.79 Å². The van der Waals surface area contributed by atoms with Gasteiger partial charge in [0.15, 0.2) is 17.3 Å². The Hall–Kier alpha value is -2.02. The quantitative estimate of drug-likeness (QED) is 0.732. The smallest absolute Gasteiger partial charge is 0.231 e. The van der Waals surface area contributed by atoms with Gasteiger partial charge < -0.3 is 9.47 Å². The van der Waals surface area contributed by atoms with Crippen LogP contribution in [0.15, 0.2) is 18.2 Å². The lowest BCUT2D eigenvalue weighted by Gasteiger charge is -2.05. The van der Waals surface area contributed by atoms with Gasteiger partial charge in [0.2, 0.25) is 6.79 Å². The standard InChI is InChI=1S/C11H9NO3/c1-7(13)9(5-12)8-2-3-10-11(4-8)15-6-14-10/h2-4,9H,6H2,1H3/t9-/m1/s1. The van der Waals surface area contributed by atoms with Crippen LogP contribution < -0.4 is 9.47 Å². The summed E-state index contributed by atoms with van der Waals surface area (Å²) in [6.45, 7) is 1.59. The van der Waals surface area contributed by atoms with Crippen molar-refractivity contribution in [3.05, 3.63) is 23.8 Å². The molecule has 0 saturated carbocycles. The van der Waals surface area contributed by atoms with Gasteiger partial charge in [-0.3, -0.25) is 4.79 Å². The molecule has 4 heteroatoms. The van der Waals surface area contributed by atoms with Crippen molar-refractivity contribution in [2.75, 3.05) is 6.79 Å². The molecule has 0 fully saturated rings. The molecule has 1 aromatic carbocycles. The number of carbonyl (C=O) groups excluding carboxylic acids is 1. The largest absolute Gasteiger partial charge is 0.454 e. The van der Waals surface area contributed by atoms with Gasteiger partial charge in [-0.1, -0.05) is 6.07 Å². The Kier molecular flexibility index (Phi) is 2.30. The van der Waals surface area contributed by atoms with E-state index in [0.29, 0.717) is 17.1 Å². The highest BCUT2D eigenvalue weighted by Crippen LogP contribution is 2.34. The number of rotatable bonds is 2. The van der Waals surface area contributed by atoms with Crippen molar-refractivity contribution in [1.82, 2.24) is 0 Å². The minimum atomic E-state index is -0.723. The molecule has 15 heavy (non-hydrogen) atoms. The minimum absolute atomic E-state index is 0.170. The zero-order valence-corrected chi connectivity index (χ0v) is 8.19. The molecule has 0 saturated heterocycles. The van der Waals surface area contributed by atoms with E-state index in [9.17, 15) is 4.79 Å². The van der Waals surface area contributed by atoms with E-state index >= 15 is 0 Å². The minimum Gasteiger partial charge on any atom is -0.454 e. The Morgan fingerprint density at radius 2 is 2.20 bits per heavy atom. The maximum absolute atomic E-state index is 11.2. The molecule has 0 amide bonds. The first-order chi connectivity index (χ1) is 7.22. The highest BCUT2D eigenvalue weighted by molar-refractivity contribution is 5.86. The fourth-order valence-corrected chi connectivity index (χ4v) is 1.49. The molecule has 0 spiro atoms. The Labute approximate surface area is 87.0 Å². The highest BCUT2D eigenvalue weighted by Gasteiger charge is 2.20. The Morgan fingerprint density at radius 1 is 1.47 bits per heavy atom. The first-order valence-electron chi connectivity index (χ1n) is 4.52. The molecule has 0 bridgehead atoms. The van der Waals surface area contributed by atoms with Crippen molar-refractivity contribution < 1.29 is 14.3 Å². The van der Waals surface area contributed by atoms with E-state index in [2.05, 4.69) is 0 Å². The lowest BCUT2D eigenvalue weighted by atomic mass is 9.97. The third kappa shape index (κ3) is 1.64. The summed E-state index contributed by atoms with van der Waals surface area (Å²) in [6.07, 6.45) is 0. The van der Waals surface area contributed by atoms with Crippen LogP contribution in [0.4, 0.5) is 0 Å². The maximum atomic E-state index is 11.2. The van der Waals surface area contributed by atoms with Gasteiger partial charge >= 0.3 is 0 Å². The van der Waals surface area contributed by atoms with Crippen LogP contribution in [0, 0.1) is 11.3 Å². The summed E-state index contributed by atoms with van der Waals surface area (Å²) in [6, 6.07) is 7.07. The van der Waals surface area contributed by atoms with Crippen LogP contribution in [-0.4, -0.2) is 12.6 Å². The molecular weight excluding hydrogens is 194 g/mol. The van der Waals surface area contributed by atoms with E-state index in [1.165, 1.54) is 6.92 Å². The fraction of sp³-hybridized carbons (Fsp3) is 0.273. The van der Waals surface area contributed by atoms with Gasteiger partial charge in [0.25, 0.3) is 0 Å². The summed E-state index contributed by atoms with van der Waals surface area (Å²) in [5.74, 6) is 0.351. The molecule has 0 N–H and O–H groups in total. The van der Waals surface area contributed by atoms with Gasteiger partial charge in [-0.2, -0.15) is 5.26 Å². The number of benzene rings is 1. The van der Waals surface area contributed by atoms with Gasteiger partial charge in [0.05, 0.1) is 6.07 Å². The van der Waals surface area contributed by atoms with Crippen LogP contribution in [0.25, 0.3) is 0 Å². The molecule has 1 aromatic rings. The second kappa shape index (κ2) is 3.62. The van der Waals surface area contributed by atoms with Crippen LogP contribution in [0.5, 0.6) is 11.5 Å². The van der Waals surface area contributed by atoms with E-state index in [1.807, 2.05) is 6.07 Å². The number of ketones is 1. The number of nitriles is 1. The van der Waals surface area contributed by atoms with Gasteiger partial charge in [0, 0.05) is 0 Å². The lowest BCUT2D eigenvalue weighted by molar-refractivity contribution is -0.117. The number of Topliss-reactive ketones (excluding diaryl/α,β-unsaturated/α-hetero) is 1. The number of fused-ring (bicyclic) bond motifs is 1. The zero-order valence-electron chi connectivity index (χ0n) is 8.19. The average Bonchev–Trinajstić information content (AvgIpc) is 2.65. The Balaban J connectivity index is 2.38. The summed E-state index contributed by atoms with van der Waals surface area (Å²) in [7, 11) is 0. The van der Waals surface area contributed by atoms with E-state index in [-0.39, 0.29) is 12.6 Å². The second-order valence-corrected chi connectivity index (χ2v) is 3.29. The second-order valence-electron chi connectivity index (χ2n) is 3.29. The topological polar surface area (TPSA) is 59.3 Å². The highest BCUT2D eigenvalue weighted by atomic mass is 16.7. The molecule has 0 radical (unpaired) electrons. The van der Waals surface area contributed by atoms with Crippen LogP contribution in [0.1, 0.15) is 18.4 Å². The van der Waals surface area contributed by atoms with Crippen molar-refractivity contribution in [3.8, 4) is 17.6 Å². The van der Waals surface area contributed by atoms with Crippen molar-refractivity contribution in [1.29, 1.82) is 5.26 Å². The number of nitrogens with zero attached hydrogens (tertiary/aromatic N) is 1. The number of hydrogen-bond acceptors (Lipinski definition) is 4. The summed E-state index contributed by atoms with van der Waals surface area (Å²) in [5.41, 5.74) is 0.647. The van der Waals surface area contributed by atoms with Crippen LogP contribution in [0.3, 0.4) is 0 Å². The van der Waals surface area contributed by atoms with Crippen molar-refractivity contribution in [3.63, 3.8) is 0 Å².